The number of anilines is 1. The van der Waals surface area contributed by atoms with E-state index >= 15 is 0 Å². The zero-order valence-electron chi connectivity index (χ0n) is 17.2. The van der Waals surface area contributed by atoms with Gasteiger partial charge in [0.05, 0.1) is 18.3 Å². The molecule has 3 aromatic carbocycles. The van der Waals surface area contributed by atoms with E-state index in [1.807, 2.05) is 17.0 Å². The number of hydrogen-bond acceptors (Lipinski definition) is 3. The lowest BCUT2D eigenvalue weighted by atomic mass is 9.96. The van der Waals surface area contributed by atoms with Crippen LogP contribution < -0.4 is 5.32 Å². The van der Waals surface area contributed by atoms with Gasteiger partial charge in [0.15, 0.2) is 0 Å². The lowest BCUT2D eigenvalue weighted by molar-refractivity contribution is -0.117. The first-order chi connectivity index (χ1) is 15.1. The summed E-state index contributed by atoms with van der Waals surface area (Å²) in [5.41, 5.74) is 2.35. The molecule has 1 aliphatic heterocycles. The third-order valence-electron chi connectivity index (χ3n) is 5.57. The molecule has 0 saturated carbocycles. The third kappa shape index (κ3) is 5.34. The minimum absolute atomic E-state index is 0.128. The molecule has 1 saturated heterocycles. The first kappa shape index (κ1) is 21.2. The second-order valence-corrected chi connectivity index (χ2v) is 7.71. The molecule has 0 spiro atoms. The first-order valence-electron chi connectivity index (χ1n) is 10.4. The Kier molecular flexibility index (Phi) is 6.70. The summed E-state index contributed by atoms with van der Waals surface area (Å²) in [5.74, 6) is -1.58. The maximum absolute atomic E-state index is 13.8. The van der Waals surface area contributed by atoms with Crippen molar-refractivity contribution in [3.8, 4) is 0 Å². The van der Waals surface area contributed by atoms with Crippen LogP contribution in [0.1, 0.15) is 17.2 Å². The minimum Gasteiger partial charge on any atom is -0.322 e. The van der Waals surface area contributed by atoms with Crippen molar-refractivity contribution >= 4 is 11.6 Å². The highest BCUT2D eigenvalue weighted by Crippen LogP contribution is 2.29. The Bertz CT molecular complexity index is 966. The van der Waals surface area contributed by atoms with Gasteiger partial charge < -0.3 is 5.32 Å². The molecular weight excluding hydrogens is 396 g/mol. The Morgan fingerprint density at radius 2 is 1.42 bits per heavy atom. The molecule has 1 amide bonds. The van der Waals surface area contributed by atoms with Gasteiger partial charge in [-0.1, -0.05) is 60.7 Å². The molecule has 0 bridgehead atoms. The van der Waals surface area contributed by atoms with Crippen molar-refractivity contribution in [1.29, 1.82) is 0 Å². The summed E-state index contributed by atoms with van der Waals surface area (Å²) in [4.78, 5) is 16.8. The summed E-state index contributed by atoms with van der Waals surface area (Å²) in [6.07, 6.45) is 0. The molecule has 1 N–H and O–H groups in total. The Morgan fingerprint density at radius 3 is 2.00 bits per heavy atom. The van der Waals surface area contributed by atoms with Crippen LogP contribution in [0.25, 0.3) is 0 Å². The van der Waals surface area contributed by atoms with Gasteiger partial charge in [-0.3, -0.25) is 14.6 Å². The van der Waals surface area contributed by atoms with Gasteiger partial charge in [-0.25, -0.2) is 8.78 Å². The van der Waals surface area contributed by atoms with Gasteiger partial charge in [0.25, 0.3) is 0 Å². The van der Waals surface area contributed by atoms with E-state index in [9.17, 15) is 13.6 Å². The molecular formula is C25H25F2N3O. The zero-order chi connectivity index (χ0) is 21.6. The molecule has 0 radical (unpaired) electrons. The molecule has 4 rings (SSSR count). The first-order valence-corrected chi connectivity index (χ1v) is 10.4. The second kappa shape index (κ2) is 9.81. The zero-order valence-corrected chi connectivity index (χ0v) is 17.2. The van der Waals surface area contributed by atoms with Gasteiger partial charge in [0.1, 0.15) is 11.6 Å². The molecule has 1 heterocycles. The fraction of sp³-hybridized carbons (Fsp3) is 0.240. The minimum atomic E-state index is -0.645. The Hall–Kier alpha value is -3.09. The van der Waals surface area contributed by atoms with Crippen molar-refractivity contribution in [2.45, 2.75) is 6.04 Å². The van der Waals surface area contributed by atoms with Gasteiger partial charge >= 0.3 is 0 Å². The van der Waals surface area contributed by atoms with Gasteiger partial charge in [0.2, 0.25) is 5.91 Å². The maximum Gasteiger partial charge on any atom is 0.238 e. The Labute approximate surface area is 181 Å². The number of benzene rings is 3. The number of nitrogens with one attached hydrogen (secondary N) is 1. The van der Waals surface area contributed by atoms with E-state index in [4.69, 9.17) is 0 Å². The highest BCUT2D eigenvalue weighted by Gasteiger charge is 2.27. The number of rotatable bonds is 6. The molecule has 0 unspecified atom stereocenters. The largest absolute Gasteiger partial charge is 0.322 e. The molecule has 6 heteroatoms. The van der Waals surface area contributed by atoms with Crippen LogP contribution in [-0.4, -0.2) is 48.4 Å². The van der Waals surface area contributed by atoms with Gasteiger partial charge in [-0.15, -0.1) is 0 Å². The smallest absolute Gasteiger partial charge is 0.238 e. The van der Waals surface area contributed by atoms with E-state index in [0.717, 1.165) is 44.4 Å². The summed E-state index contributed by atoms with van der Waals surface area (Å²) >= 11 is 0. The average Bonchev–Trinajstić information content (AvgIpc) is 2.79. The van der Waals surface area contributed by atoms with Gasteiger partial charge in [-0.2, -0.15) is 0 Å². The van der Waals surface area contributed by atoms with E-state index in [1.54, 1.807) is 0 Å². The second-order valence-electron chi connectivity index (χ2n) is 7.71. The highest BCUT2D eigenvalue weighted by atomic mass is 19.1. The van der Waals surface area contributed by atoms with Crippen LogP contribution in [0.15, 0.2) is 78.9 Å². The fourth-order valence-electron chi connectivity index (χ4n) is 4.05. The summed E-state index contributed by atoms with van der Waals surface area (Å²) in [5, 5.41) is 2.47. The molecule has 1 aliphatic rings. The van der Waals surface area contributed by atoms with Gasteiger partial charge in [-0.05, 0) is 23.3 Å². The summed E-state index contributed by atoms with van der Waals surface area (Å²) < 4.78 is 27.1. The summed E-state index contributed by atoms with van der Waals surface area (Å²) in [6.45, 7) is 3.18. The Balaban J connectivity index is 1.39. The van der Waals surface area contributed by atoms with Crippen LogP contribution in [-0.2, 0) is 4.79 Å². The van der Waals surface area contributed by atoms with Crippen LogP contribution in [0.5, 0.6) is 0 Å². The van der Waals surface area contributed by atoms with Crippen molar-refractivity contribution in [1.82, 2.24) is 9.80 Å². The van der Waals surface area contributed by atoms with Crippen LogP contribution in [0.2, 0.25) is 0 Å². The van der Waals surface area contributed by atoms with Crippen molar-refractivity contribution in [2.75, 3.05) is 38.0 Å². The number of carbonyl (C=O) groups is 1. The SMILES string of the molecule is O=C(CN1CCN(C(c2ccccc2)c2ccccc2)CC1)Nc1cc(F)ccc1F. The monoisotopic (exact) mass is 421 g/mol. The lowest BCUT2D eigenvalue weighted by Crippen LogP contribution is -2.49. The molecule has 0 atom stereocenters. The lowest BCUT2D eigenvalue weighted by Gasteiger charge is -2.39. The summed E-state index contributed by atoms with van der Waals surface area (Å²) in [7, 11) is 0. The van der Waals surface area contributed by atoms with Gasteiger partial charge in [0, 0.05) is 32.2 Å². The standard InChI is InChI=1S/C25H25F2N3O/c26-21-11-12-22(27)23(17-21)28-24(31)18-29-13-15-30(16-14-29)25(19-7-3-1-4-8-19)20-9-5-2-6-10-20/h1-12,17,25H,13-16,18H2,(H,28,31). The van der Waals surface area contributed by atoms with E-state index in [-0.39, 0.29) is 24.2 Å². The number of halogens is 2. The van der Waals surface area contributed by atoms with Crippen molar-refractivity contribution in [3.63, 3.8) is 0 Å². The van der Waals surface area contributed by atoms with E-state index in [0.29, 0.717) is 0 Å². The van der Waals surface area contributed by atoms with Crippen LogP contribution in [0.4, 0.5) is 14.5 Å². The fourth-order valence-corrected chi connectivity index (χ4v) is 4.05. The van der Waals surface area contributed by atoms with E-state index in [1.165, 1.54) is 11.1 Å². The average molecular weight is 421 g/mol. The quantitative estimate of drug-likeness (QED) is 0.644. The number of hydrogen-bond donors (Lipinski definition) is 1. The molecule has 4 nitrogen and oxygen atoms in total. The number of amides is 1. The number of carbonyl (C=O) groups excluding carboxylic acids is 1. The highest BCUT2D eigenvalue weighted by molar-refractivity contribution is 5.92. The van der Waals surface area contributed by atoms with Crippen LogP contribution >= 0.6 is 0 Å². The molecule has 160 valence electrons. The molecule has 31 heavy (non-hydrogen) atoms. The normalized spacial score (nSPS) is 15.2. The van der Waals surface area contributed by atoms with Crippen molar-refractivity contribution < 1.29 is 13.6 Å². The Morgan fingerprint density at radius 1 is 0.839 bits per heavy atom. The maximum atomic E-state index is 13.8. The van der Waals surface area contributed by atoms with Crippen molar-refractivity contribution in [2.24, 2.45) is 0 Å². The number of piperazine rings is 1. The molecule has 3 aromatic rings. The van der Waals surface area contributed by atoms with E-state index < -0.39 is 11.6 Å². The van der Waals surface area contributed by atoms with Crippen LogP contribution in [0.3, 0.4) is 0 Å². The van der Waals surface area contributed by atoms with E-state index in [2.05, 4.69) is 58.7 Å². The summed E-state index contributed by atoms with van der Waals surface area (Å²) in [6, 6.07) is 24.0. The van der Waals surface area contributed by atoms with Crippen molar-refractivity contribution in [3.05, 3.63) is 102 Å². The number of nitrogens with zero attached hydrogens (tertiary/aromatic N) is 2. The molecule has 0 aromatic heterocycles. The predicted octanol–water partition coefficient (Wildman–Crippen LogP) is 4.31. The molecule has 0 aliphatic carbocycles. The predicted molar refractivity (Wildman–Crippen MR) is 118 cm³/mol. The van der Waals surface area contributed by atoms with Crippen LogP contribution in [0, 0.1) is 11.6 Å². The third-order valence-corrected chi connectivity index (χ3v) is 5.57. The topological polar surface area (TPSA) is 35.6 Å². The molecule has 1 fully saturated rings.